The molecule has 1 heterocycles. The maximum absolute atomic E-state index is 9.62. The summed E-state index contributed by atoms with van der Waals surface area (Å²) in [6.07, 6.45) is 0. The van der Waals surface area contributed by atoms with Crippen LogP contribution in [0.3, 0.4) is 0 Å². The first-order valence-corrected chi connectivity index (χ1v) is 5.47. The minimum absolute atomic E-state index is 0. The zero-order chi connectivity index (χ0) is 11.6. The average Bonchev–Trinajstić information content (AvgIpc) is 2.40. The zero-order valence-corrected chi connectivity index (χ0v) is 10.2. The lowest BCUT2D eigenvalue weighted by atomic mass is 9.77. The highest BCUT2D eigenvalue weighted by Crippen LogP contribution is 2.29. The Labute approximate surface area is 93.9 Å². The van der Waals surface area contributed by atoms with Crippen LogP contribution < -0.4 is 5.46 Å². The topological polar surface area (TPSA) is 29.5 Å². The van der Waals surface area contributed by atoms with Gasteiger partial charge >= 0.3 is 7.12 Å². The number of aryl methyl sites for hydroxylation is 1. The van der Waals surface area contributed by atoms with Crippen LogP contribution in [-0.2, 0) is 10.3 Å². The van der Waals surface area contributed by atoms with Gasteiger partial charge < -0.3 is 9.68 Å². The lowest BCUT2D eigenvalue weighted by Gasteiger charge is -2.19. The smallest absolute Gasteiger partial charge is 0.423 e. The summed E-state index contributed by atoms with van der Waals surface area (Å²) in [5, 5.41) is 9.62. The van der Waals surface area contributed by atoms with Crippen molar-refractivity contribution in [1.82, 2.24) is 0 Å². The molecule has 0 bridgehead atoms. The molecular weight excluding hydrogens is 187 g/mol. The van der Waals surface area contributed by atoms with E-state index in [1.165, 1.54) is 0 Å². The quantitative estimate of drug-likeness (QED) is 0.662. The van der Waals surface area contributed by atoms with Gasteiger partial charge in [0.05, 0.1) is 5.60 Å². The van der Waals surface area contributed by atoms with Crippen molar-refractivity contribution in [3.8, 4) is 0 Å². The maximum atomic E-state index is 9.62. The molecule has 0 atom stereocenters. The molecule has 1 N–H and O–H groups in total. The third-order valence-corrected chi connectivity index (χ3v) is 2.53. The van der Waals surface area contributed by atoms with Crippen LogP contribution in [0.2, 0.25) is 0 Å². The predicted molar refractivity (Wildman–Crippen MR) is 66.4 cm³/mol. The summed E-state index contributed by atoms with van der Waals surface area (Å²) in [5.74, 6) is 0. The van der Waals surface area contributed by atoms with E-state index < -0.39 is 7.12 Å². The second-order valence-electron chi connectivity index (χ2n) is 4.07. The van der Waals surface area contributed by atoms with Gasteiger partial charge in [0, 0.05) is 1.43 Å². The van der Waals surface area contributed by atoms with E-state index in [9.17, 15) is 5.02 Å². The van der Waals surface area contributed by atoms with Gasteiger partial charge in [0.1, 0.15) is 0 Å². The molecule has 0 saturated carbocycles. The molecule has 0 amide bonds. The fourth-order valence-corrected chi connectivity index (χ4v) is 1.84. The Kier molecular flexibility index (Phi) is 3.58. The molecule has 2 nitrogen and oxygen atoms in total. The second-order valence-corrected chi connectivity index (χ2v) is 4.07. The number of hydrogen-bond donors (Lipinski definition) is 1. The highest BCUT2D eigenvalue weighted by atomic mass is 16.5. The third-order valence-electron chi connectivity index (χ3n) is 2.53. The van der Waals surface area contributed by atoms with E-state index in [-0.39, 0.29) is 7.03 Å². The van der Waals surface area contributed by atoms with Crippen LogP contribution >= 0.6 is 0 Å². The molecule has 3 heteroatoms. The molecule has 1 aromatic rings. The van der Waals surface area contributed by atoms with Crippen molar-refractivity contribution in [3.63, 3.8) is 0 Å². The van der Waals surface area contributed by atoms with Crippen LogP contribution in [0.15, 0.2) is 18.2 Å². The summed E-state index contributed by atoms with van der Waals surface area (Å²) in [5.41, 5.74) is 2.79. The van der Waals surface area contributed by atoms with Crippen LogP contribution in [0.4, 0.5) is 0 Å². The fraction of sp³-hybridized carbons (Fsp3) is 0.500. The van der Waals surface area contributed by atoms with Gasteiger partial charge in [-0.2, -0.15) is 0 Å². The summed E-state index contributed by atoms with van der Waals surface area (Å²) in [7, 11) is -0.759. The number of fused-ring (bicyclic) bond motifs is 1. The average molecular weight is 208 g/mol. The minimum atomic E-state index is -0.759. The Morgan fingerprint density at radius 1 is 1.33 bits per heavy atom. The third kappa shape index (κ3) is 2.24. The second kappa shape index (κ2) is 4.37. The highest BCUT2D eigenvalue weighted by Gasteiger charge is 2.40. The summed E-state index contributed by atoms with van der Waals surface area (Å²) in [4.78, 5) is 0. The molecule has 0 spiro atoms. The molecule has 84 valence electrons. The van der Waals surface area contributed by atoms with Gasteiger partial charge in [0.15, 0.2) is 0 Å². The van der Waals surface area contributed by atoms with Crippen molar-refractivity contribution in [2.75, 3.05) is 0 Å². The monoisotopic (exact) mass is 208 g/mol. The first-order valence-electron chi connectivity index (χ1n) is 5.47. The molecule has 0 radical (unpaired) electrons. The zero-order valence-electron chi connectivity index (χ0n) is 10.2. The van der Waals surface area contributed by atoms with Crippen LogP contribution in [0.1, 0.15) is 40.2 Å². The normalized spacial score (nSPS) is 16.8. The van der Waals surface area contributed by atoms with Gasteiger partial charge in [-0.25, -0.2) is 0 Å². The molecule has 2 rings (SSSR count). The first kappa shape index (κ1) is 12.3. The largest absolute Gasteiger partial charge is 0.492 e. The Bertz CT molecular complexity index is 353. The lowest BCUT2D eigenvalue weighted by Crippen LogP contribution is -2.28. The van der Waals surface area contributed by atoms with E-state index in [2.05, 4.69) is 0 Å². The molecule has 0 fully saturated rings. The molecule has 1 aliphatic heterocycles. The number of hydrogen-bond acceptors (Lipinski definition) is 2. The molecule has 1 aliphatic rings. The Morgan fingerprint density at radius 3 is 2.53 bits per heavy atom. The summed E-state index contributed by atoms with van der Waals surface area (Å²) in [6, 6.07) is 6.05. The van der Waals surface area contributed by atoms with Crippen molar-refractivity contribution in [1.29, 1.82) is 0 Å². The standard InChI is InChI=1S/C10H13BO2.C2H6.H2/c1-7-4-5-8-9(6-7)11(12)13-10(8,2)3;1-2;/h4-6,12H,1-3H3;1-2H3;1H. The molecule has 1 aromatic carbocycles. The van der Waals surface area contributed by atoms with Crippen molar-refractivity contribution in [2.24, 2.45) is 0 Å². The van der Waals surface area contributed by atoms with Crippen molar-refractivity contribution < 1.29 is 11.1 Å². The number of benzene rings is 1. The molecule has 0 aromatic heterocycles. The molecular formula is C12H21BO2. The van der Waals surface area contributed by atoms with E-state index in [0.29, 0.717) is 0 Å². The van der Waals surface area contributed by atoms with Crippen LogP contribution in [-0.4, -0.2) is 12.1 Å². The van der Waals surface area contributed by atoms with E-state index in [4.69, 9.17) is 4.65 Å². The highest BCUT2D eigenvalue weighted by molar-refractivity contribution is 6.62. The van der Waals surface area contributed by atoms with Crippen LogP contribution in [0.25, 0.3) is 0 Å². The van der Waals surface area contributed by atoms with E-state index in [1.54, 1.807) is 0 Å². The van der Waals surface area contributed by atoms with Gasteiger partial charge in [-0.15, -0.1) is 0 Å². The van der Waals surface area contributed by atoms with Gasteiger partial charge in [-0.05, 0) is 31.8 Å². The molecule has 0 saturated heterocycles. The Hall–Kier alpha value is -0.795. The van der Waals surface area contributed by atoms with Gasteiger partial charge in [0.25, 0.3) is 0 Å². The minimum Gasteiger partial charge on any atom is -0.423 e. The maximum Gasteiger partial charge on any atom is 0.492 e. The summed E-state index contributed by atoms with van der Waals surface area (Å²) in [6.45, 7) is 9.95. The van der Waals surface area contributed by atoms with Gasteiger partial charge in [0.2, 0.25) is 0 Å². The van der Waals surface area contributed by atoms with Crippen LogP contribution in [0.5, 0.6) is 0 Å². The SMILES string of the molecule is CC.Cc1ccc2c(c1)B(O)OC2(C)C.[HH]. The van der Waals surface area contributed by atoms with Crippen molar-refractivity contribution in [3.05, 3.63) is 29.3 Å². The number of rotatable bonds is 0. The van der Waals surface area contributed by atoms with Gasteiger partial charge in [-0.3, -0.25) is 0 Å². The van der Waals surface area contributed by atoms with E-state index >= 15 is 0 Å². The van der Waals surface area contributed by atoms with Crippen LogP contribution in [0, 0.1) is 6.92 Å². The van der Waals surface area contributed by atoms with Gasteiger partial charge in [-0.1, -0.05) is 37.6 Å². The molecule has 0 unspecified atom stereocenters. The Morgan fingerprint density at radius 2 is 1.93 bits per heavy atom. The summed E-state index contributed by atoms with van der Waals surface area (Å²) < 4.78 is 5.43. The lowest BCUT2D eigenvalue weighted by molar-refractivity contribution is 0.101. The molecule has 15 heavy (non-hydrogen) atoms. The predicted octanol–water partition coefficient (Wildman–Crippen LogP) is 2.22. The fourth-order valence-electron chi connectivity index (χ4n) is 1.84. The Balaban J connectivity index is 0.000000711. The summed E-state index contributed by atoms with van der Waals surface area (Å²) >= 11 is 0. The molecule has 0 aliphatic carbocycles. The van der Waals surface area contributed by atoms with Crippen molar-refractivity contribution >= 4 is 12.6 Å². The van der Waals surface area contributed by atoms with Crippen molar-refractivity contribution in [2.45, 2.75) is 40.2 Å². The van der Waals surface area contributed by atoms with E-state index in [1.807, 2.05) is 52.8 Å². The first-order chi connectivity index (χ1) is 7.00. The van der Waals surface area contributed by atoms with E-state index in [0.717, 1.165) is 16.6 Å².